The van der Waals surface area contributed by atoms with Crippen LogP contribution >= 0.6 is 0 Å². The van der Waals surface area contributed by atoms with E-state index in [0.717, 1.165) is 11.4 Å². The number of aromatic nitrogens is 3. The van der Waals surface area contributed by atoms with E-state index in [0.29, 0.717) is 12.3 Å². The summed E-state index contributed by atoms with van der Waals surface area (Å²) in [6.45, 7) is 2.24. The van der Waals surface area contributed by atoms with E-state index in [-0.39, 0.29) is 11.4 Å². The molecule has 0 aromatic carbocycles. The molecule has 2 aromatic rings. The quantitative estimate of drug-likeness (QED) is 0.824. The van der Waals surface area contributed by atoms with E-state index in [1.807, 2.05) is 25.1 Å². The molecule has 0 radical (unpaired) electrons. The summed E-state index contributed by atoms with van der Waals surface area (Å²) in [6, 6.07) is 7.48. The van der Waals surface area contributed by atoms with Gasteiger partial charge in [-0.2, -0.15) is 10.5 Å². The van der Waals surface area contributed by atoms with Crippen LogP contribution in [-0.2, 0) is 6.54 Å². The van der Waals surface area contributed by atoms with Gasteiger partial charge in [-0.05, 0) is 6.92 Å². The van der Waals surface area contributed by atoms with Gasteiger partial charge in [-0.3, -0.25) is 4.98 Å². The minimum Gasteiger partial charge on any atom is -0.497 e. The summed E-state index contributed by atoms with van der Waals surface area (Å²) >= 11 is 0. The molecule has 0 spiro atoms. The van der Waals surface area contributed by atoms with Gasteiger partial charge in [0.05, 0.1) is 25.7 Å². The Morgan fingerprint density at radius 2 is 2.11 bits per heavy atom. The van der Waals surface area contributed by atoms with Gasteiger partial charge < -0.3 is 9.30 Å². The fourth-order valence-electron chi connectivity index (χ4n) is 1.78. The zero-order valence-corrected chi connectivity index (χ0v) is 10.6. The lowest BCUT2D eigenvalue weighted by Crippen LogP contribution is -2.04. The first-order valence-corrected chi connectivity index (χ1v) is 5.54. The van der Waals surface area contributed by atoms with Crippen molar-refractivity contribution in [3.05, 3.63) is 41.2 Å². The molecule has 0 bridgehead atoms. The zero-order valence-electron chi connectivity index (χ0n) is 10.6. The van der Waals surface area contributed by atoms with Gasteiger partial charge in [0.2, 0.25) is 0 Å². The Labute approximate surface area is 110 Å². The third-order valence-electron chi connectivity index (χ3n) is 2.60. The highest BCUT2D eigenvalue weighted by Crippen LogP contribution is 2.15. The lowest BCUT2D eigenvalue weighted by molar-refractivity contribution is 0.413. The number of aryl methyl sites for hydroxylation is 1. The molecule has 19 heavy (non-hydrogen) atoms. The van der Waals surface area contributed by atoms with Crippen LogP contribution in [0.3, 0.4) is 0 Å². The van der Waals surface area contributed by atoms with Crippen molar-refractivity contribution in [1.29, 1.82) is 10.5 Å². The van der Waals surface area contributed by atoms with Crippen LogP contribution in [0.2, 0.25) is 0 Å². The Kier molecular flexibility index (Phi) is 3.44. The molecule has 2 heterocycles. The number of hydrogen-bond donors (Lipinski definition) is 0. The summed E-state index contributed by atoms with van der Waals surface area (Å²) in [7, 11) is 1.59. The Morgan fingerprint density at radius 3 is 2.74 bits per heavy atom. The number of imidazole rings is 1. The second-order valence-corrected chi connectivity index (χ2v) is 3.93. The topological polar surface area (TPSA) is 87.5 Å². The van der Waals surface area contributed by atoms with Crippen molar-refractivity contribution in [1.82, 2.24) is 14.5 Å². The van der Waals surface area contributed by atoms with Crippen molar-refractivity contribution in [2.24, 2.45) is 0 Å². The standard InChI is InChI=1S/C13H11N5O/c1-9-3-11(19-2)4-10(17-9)7-18-8-16-12(5-14)13(18)6-15/h3-4,8H,7H2,1-2H3. The molecule has 0 aliphatic carbocycles. The van der Waals surface area contributed by atoms with Gasteiger partial charge in [-0.25, -0.2) is 4.98 Å². The maximum Gasteiger partial charge on any atom is 0.176 e. The largest absolute Gasteiger partial charge is 0.497 e. The summed E-state index contributed by atoms with van der Waals surface area (Å²) in [5.41, 5.74) is 1.94. The van der Waals surface area contributed by atoms with E-state index >= 15 is 0 Å². The lowest BCUT2D eigenvalue weighted by atomic mass is 10.2. The molecule has 0 fully saturated rings. The number of rotatable bonds is 3. The van der Waals surface area contributed by atoms with Crippen LogP contribution in [0.4, 0.5) is 0 Å². The normalized spacial score (nSPS) is 9.68. The van der Waals surface area contributed by atoms with Crippen molar-refractivity contribution < 1.29 is 4.74 Å². The molecule has 0 aliphatic rings. The van der Waals surface area contributed by atoms with Crippen LogP contribution < -0.4 is 4.74 Å². The molecular weight excluding hydrogens is 242 g/mol. The van der Waals surface area contributed by atoms with Crippen LogP contribution in [-0.4, -0.2) is 21.6 Å². The van der Waals surface area contributed by atoms with Gasteiger partial charge in [0, 0.05) is 17.8 Å². The third-order valence-corrected chi connectivity index (χ3v) is 2.60. The number of methoxy groups -OCH3 is 1. The second kappa shape index (κ2) is 5.19. The molecule has 0 atom stereocenters. The van der Waals surface area contributed by atoms with Gasteiger partial charge in [-0.1, -0.05) is 0 Å². The first kappa shape index (κ1) is 12.6. The Bertz CT molecular complexity index is 690. The molecule has 6 heteroatoms. The van der Waals surface area contributed by atoms with Crippen molar-refractivity contribution in [3.8, 4) is 17.9 Å². The van der Waals surface area contributed by atoms with Crippen LogP contribution in [0.5, 0.6) is 5.75 Å². The SMILES string of the molecule is COc1cc(C)nc(Cn2cnc(C#N)c2C#N)c1. The van der Waals surface area contributed by atoms with Crippen LogP contribution in [0.15, 0.2) is 18.5 Å². The number of nitrogens with zero attached hydrogens (tertiary/aromatic N) is 5. The first-order chi connectivity index (χ1) is 9.17. The zero-order chi connectivity index (χ0) is 13.8. The molecule has 94 valence electrons. The van der Waals surface area contributed by atoms with E-state index in [4.69, 9.17) is 15.3 Å². The summed E-state index contributed by atoms with van der Waals surface area (Å²) in [4.78, 5) is 8.25. The average molecular weight is 253 g/mol. The summed E-state index contributed by atoms with van der Waals surface area (Å²) in [5.74, 6) is 0.710. The van der Waals surface area contributed by atoms with Crippen molar-refractivity contribution in [2.45, 2.75) is 13.5 Å². The van der Waals surface area contributed by atoms with Gasteiger partial charge in [0.1, 0.15) is 17.9 Å². The number of ether oxygens (including phenoxy) is 1. The predicted octanol–water partition coefficient (Wildman–Crippen LogP) is 1.39. The minimum absolute atomic E-state index is 0.127. The van der Waals surface area contributed by atoms with Crippen molar-refractivity contribution in [2.75, 3.05) is 7.11 Å². The molecular formula is C13H11N5O. The van der Waals surface area contributed by atoms with E-state index in [9.17, 15) is 0 Å². The van der Waals surface area contributed by atoms with Gasteiger partial charge >= 0.3 is 0 Å². The smallest absolute Gasteiger partial charge is 0.176 e. The Hall–Kier alpha value is -2.86. The predicted molar refractivity (Wildman–Crippen MR) is 66.3 cm³/mol. The lowest BCUT2D eigenvalue weighted by Gasteiger charge is -2.07. The third kappa shape index (κ3) is 2.53. The average Bonchev–Trinajstić information content (AvgIpc) is 2.79. The maximum atomic E-state index is 9.05. The van der Waals surface area contributed by atoms with Gasteiger partial charge in [0.25, 0.3) is 0 Å². The fourth-order valence-corrected chi connectivity index (χ4v) is 1.78. The van der Waals surface area contributed by atoms with Crippen LogP contribution in [0, 0.1) is 29.6 Å². The minimum atomic E-state index is 0.127. The molecule has 2 aromatic heterocycles. The molecule has 2 rings (SSSR count). The number of nitriles is 2. The summed E-state index contributed by atoms with van der Waals surface area (Å²) < 4.78 is 6.77. The highest BCUT2D eigenvalue weighted by Gasteiger charge is 2.11. The molecule has 0 saturated heterocycles. The number of pyridine rings is 1. The van der Waals surface area contributed by atoms with Crippen molar-refractivity contribution in [3.63, 3.8) is 0 Å². The summed E-state index contributed by atoms with van der Waals surface area (Å²) in [5, 5.41) is 17.9. The van der Waals surface area contributed by atoms with Gasteiger partial charge in [0.15, 0.2) is 11.4 Å². The molecule has 0 unspecified atom stereocenters. The van der Waals surface area contributed by atoms with E-state index in [2.05, 4.69) is 9.97 Å². The molecule has 0 aliphatic heterocycles. The highest BCUT2D eigenvalue weighted by atomic mass is 16.5. The maximum absolute atomic E-state index is 9.05. The molecule has 0 saturated carbocycles. The summed E-state index contributed by atoms with van der Waals surface area (Å²) in [6.07, 6.45) is 1.47. The van der Waals surface area contributed by atoms with Gasteiger partial charge in [-0.15, -0.1) is 0 Å². The Morgan fingerprint density at radius 1 is 1.32 bits per heavy atom. The molecule has 0 amide bonds. The first-order valence-electron chi connectivity index (χ1n) is 5.54. The van der Waals surface area contributed by atoms with E-state index in [1.165, 1.54) is 6.33 Å². The molecule has 0 N–H and O–H groups in total. The van der Waals surface area contributed by atoms with E-state index in [1.54, 1.807) is 17.7 Å². The van der Waals surface area contributed by atoms with Crippen molar-refractivity contribution >= 4 is 0 Å². The Balaban J connectivity index is 2.37. The van der Waals surface area contributed by atoms with E-state index < -0.39 is 0 Å². The second-order valence-electron chi connectivity index (χ2n) is 3.93. The molecule has 6 nitrogen and oxygen atoms in total. The fraction of sp³-hybridized carbons (Fsp3) is 0.231. The van der Waals surface area contributed by atoms with Crippen LogP contribution in [0.25, 0.3) is 0 Å². The highest BCUT2D eigenvalue weighted by molar-refractivity contribution is 5.37. The number of hydrogen-bond acceptors (Lipinski definition) is 5. The van der Waals surface area contributed by atoms with Crippen LogP contribution in [0.1, 0.15) is 22.8 Å². The monoisotopic (exact) mass is 253 g/mol.